The predicted octanol–water partition coefficient (Wildman–Crippen LogP) is 7.14. The van der Waals surface area contributed by atoms with Gasteiger partial charge in [-0.05, 0) is 31.4 Å². The topological polar surface area (TPSA) is 75.6 Å². The number of benzene rings is 2. The lowest BCUT2D eigenvalue weighted by molar-refractivity contribution is 0.282. The van der Waals surface area contributed by atoms with Crippen LogP contribution in [0.5, 0.6) is 34.5 Å². The fraction of sp³-hybridized carbons (Fsp3) is 0.562. The van der Waals surface area contributed by atoms with Crippen molar-refractivity contribution in [1.82, 2.24) is 0 Å². The highest BCUT2D eigenvalue weighted by molar-refractivity contribution is 5.75. The summed E-state index contributed by atoms with van der Waals surface area (Å²) in [4.78, 5) is 0. The third-order valence-corrected chi connectivity index (χ3v) is 7.34. The van der Waals surface area contributed by atoms with Crippen LogP contribution >= 0.6 is 0 Å². The van der Waals surface area contributed by atoms with Gasteiger partial charge >= 0.3 is 0 Å². The lowest BCUT2D eigenvalue weighted by atomic mass is 9.95. The Balaban J connectivity index is 1.74. The van der Waals surface area contributed by atoms with Gasteiger partial charge in [-0.15, -0.1) is 0 Å². The van der Waals surface area contributed by atoms with Crippen LogP contribution in [-0.4, -0.2) is 47.3 Å². The number of methoxy groups -OCH3 is 5. The Hall–Kier alpha value is -3.06. The van der Waals surface area contributed by atoms with Crippen molar-refractivity contribution in [3.63, 3.8) is 0 Å². The van der Waals surface area contributed by atoms with E-state index in [1.165, 1.54) is 38.5 Å². The third-order valence-electron chi connectivity index (χ3n) is 7.34. The molecule has 1 heterocycles. The summed E-state index contributed by atoms with van der Waals surface area (Å²) in [6, 6.07) is 5.76. The molecule has 0 fully saturated rings. The van der Waals surface area contributed by atoms with E-state index < -0.39 is 0 Å². The fourth-order valence-corrected chi connectivity index (χ4v) is 5.22. The van der Waals surface area contributed by atoms with Gasteiger partial charge in [-0.25, -0.2) is 0 Å². The van der Waals surface area contributed by atoms with Crippen molar-refractivity contribution in [2.24, 2.45) is 0 Å². The van der Waals surface area contributed by atoms with Crippen LogP contribution in [0.3, 0.4) is 0 Å². The number of aliphatic hydroxyl groups excluding tert-OH is 1. The first-order chi connectivity index (χ1) is 19.1. The van der Waals surface area contributed by atoms with Crippen LogP contribution in [0, 0.1) is 0 Å². The summed E-state index contributed by atoms with van der Waals surface area (Å²) in [5, 5.41) is 8.89. The van der Waals surface area contributed by atoms with Gasteiger partial charge < -0.3 is 33.5 Å². The number of allylic oxidation sites excluding steroid dienone is 1. The van der Waals surface area contributed by atoms with E-state index in [9.17, 15) is 0 Å². The molecule has 1 aliphatic rings. The Morgan fingerprint density at radius 3 is 1.85 bits per heavy atom. The maximum atomic E-state index is 8.89. The molecule has 2 aromatic carbocycles. The maximum absolute atomic E-state index is 8.89. The van der Waals surface area contributed by atoms with Crippen molar-refractivity contribution in [3.8, 4) is 34.5 Å². The highest BCUT2D eigenvalue weighted by Gasteiger charge is 2.26. The van der Waals surface area contributed by atoms with Gasteiger partial charge in [0.05, 0.1) is 35.5 Å². The van der Waals surface area contributed by atoms with Gasteiger partial charge in [0, 0.05) is 41.9 Å². The van der Waals surface area contributed by atoms with Gasteiger partial charge in [-0.2, -0.15) is 0 Å². The molecular weight excluding hydrogens is 496 g/mol. The normalized spacial score (nSPS) is 12.3. The highest BCUT2D eigenvalue weighted by Crippen LogP contribution is 2.47. The summed E-state index contributed by atoms with van der Waals surface area (Å²) in [5.41, 5.74) is 2.99. The molecule has 7 heteroatoms. The zero-order chi connectivity index (χ0) is 28.0. The van der Waals surface area contributed by atoms with E-state index in [-0.39, 0.29) is 0 Å². The lowest BCUT2D eigenvalue weighted by Gasteiger charge is -2.25. The summed E-state index contributed by atoms with van der Waals surface area (Å²) in [7, 11) is 8.24. The van der Waals surface area contributed by atoms with Gasteiger partial charge in [0.2, 0.25) is 5.75 Å². The molecule has 3 rings (SSSR count). The minimum absolute atomic E-state index is 0.312. The molecule has 0 radical (unpaired) electrons. The summed E-state index contributed by atoms with van der Waals surface area (Å²) in [6.45, 7) is 0.312. The Labute approximate surface area is 234 Å². The first-order valence-electron chi connectivity index (χ1n) is 14.2. The average molecular weight is 543 g/mol. The largest absolute Gasteiger partial charge is 0.496 e. The van der Waals surface area contributed by atoms with Crippen LogP contribution < -0.4 is 28.4 Å². The number of hydrogen-bond donors (Lipinski definition) is 1. The second-order valence-electron chi connectivity index (χ2n) is 9.86. The number of ether oxygens (including phenoxy) is 6. The van der Waals surface area contributed by atoms with Crippen molar-refractivity contribution in [2.45, 2.75) is 77.0 Å². The van der Waals surface area contributed by atoms with E-state index in [4.69, 9.17) is 33.5 Å². The van der Waals surface area contributed by atoms with Gasteiger partial charge in [-0.3, -0.25) is 0 Å². The van der Waals surface area contributed by atoms with Gasteiger partial charge in [0.1, 0.15) is 23.0 Å². The van der Waals surface area contributed by atoms with Crippen LogP contribution in [-0.2, 0) is 12.8 Å². The van der Waals surface area contributed by atoms with Crippen molar-refractivity contribution in [1.29, 1.82) is 0 Å². The molecule has 7 nitrogen and oxygen atoms in total. The van der Waals surface area contributed by atoms with Crippen molar-refractivity contribution >= 4 is 5.76 Å². The molecule has 0 aliphatic carbocycles. The number of hydrogen-bond acceptors (Lipinski definition) is 7. The van der Waals surface area contributed by atoms with Crippen LogP contribution in [0.2, 0.25) is 0 Å². The standard InChI is InChI=1S/C32H46O7/c1-34-23-20-28(35-2)25-17-18-27(39-29(25)21-23)26-22-30(36-3)32(38-5)31(37-4)24(26)16-14-12-10-8-6-7-9-11-13-15-19-33/h18,20-22,33H,6-17,19H2,1-5H3. The maximum Gasteiger partial charge on any atom is 0.203 e. The number of unbranched alkanes of at least 4 members (excludes halogenated alkanes) is 9. The van der Waals surface area contributed by atoms with Gasteiger partial charge in [-0.1, -0.05) is 51.4 Å². The molecular formula is C32H46O7. The van der Waals surface area contributed by atoms with E-state index >= 15 is 0 Å². The molecule has 0 unspecified atom stereocenters. The smallest absolute Gasteiger partial charge is 0.203 e. The molecule has 0 atom stereocenters. The van der Waals surface area contributed by atoms with Crippen LogP contribution in [0.4, 0.5) is 0 Å². The SMILES string of the molecule is COc1cc(OC)c2c(c1)OC(c1cc(OC)c(OC)c(OC)c1CCCCCCCCCCCCO)=CC2. The number of aliphatic hydroxyl groups is 1. The fourth-order valence-electron chi connectivity index (χ4n) is 5.22. The zero-order valence-electron chi connectivity index (χ0n) is 24.4. The van der Waals surface area contributed by atoms with E-state index in [0.717, 1.165) is 66.1 Å². The number of fused-ring (bicyclic) bond motifs is 1. The molecule has 0 aromatic heterocycles. The minimum atomic E-state index is 0.312. The quantitative estimate of drug-likeness (QED) is 0.201. The van der Waals surface area contributed by atoms with Crippen molar-refractivity contribution in [2.75, 3.05) is 42.2 Å². The summed E-state index contributed by atoms with van der Waals surface area (Å²) < 4.78 is 34.8. The second-order valence-corrected chi connectivity index (χ2v) is 9.86. The monoisotopic (exact) mass is 542 g/mol. The molecule has 2 aromatic rings. The summed E-state index contributed by atoms with van der Waals surface area (Å²) in [6.07, 6.45) is 15.4. The molecule has 0 bridgehead atoms. The Morgan fingerprint density at radius 2 is 1.28 bits per heavy atom. The molecule has 0 amide bonds. The molecule has 1 aliphatic heterocycles. The Morgan fingerprint density at radius 1 is 0.667 bits per heavy atom. The second kappa shape index (κ2) is 16.1. The molecule has 1 N–H and O–H groups in total. The van der Waals surface area contributed by atoms with Gasteiger partial charge in [0.15, 0.2) is 11.5 Å². The summed E-state index contributed by atoms with van der Waals surface area (Å²) in [5.74, 6) is 4.80. The third kappa shape index (κ3) is 7.98. The number of rotatable bonds is 18. The van der Waals surface area contributed by atoms with Crippen molar-refractivity contribution < 1.29 is 33.5 Å². The Kier molecular flexibility index (Phi) is 12.6. The molecule has 39 heavy (non-hydrogen) atoms. The minimum Gasteiger partial charge on any atom is -0.496 e. The van der Waals surface area contributed by atoms with Gasteiger partial charge in [0.25, 0.3) is 0 Å². The lowest BCUT2D eigenvalue weighted by Crippen LogP contribution is -2.10. The van der Waals surface area contributed by atoms with Crippen LogP contribution in [0.15, 0.2) is 24.3 Å². The summed E-state index contributed by atoms with van der Waals surface area (Å²) >= 11 is 0. The molecule has 0 saturated heterocycles. The molecule has 0 spiro atoms. The predicted molar refractivity (Wildman–Crippen MR) is 155 cm³/mol. The zero-order valence-corrected chi connectivity index (χ0v) is 24.4. The average Bonchev–Trinajstić information content (AvgIpc) is 2.97. The van der Waals surface area contributed by atoms with Crippen LogP contribution in [0.1, 0.15) is 80.9 Å². The van der Waals surface area contributed by atoms with Crippen LogP contribution in [0.25, 0.3) is 5.76 Å². The first-order valence-corrected chi connectivity index (χ1v) is 14.2. The Bertz CT molecular complexity index is 1080. The molecule has 0 saturated carbocycles. The molecule has 216 valence electrons. The van der Waals surface area contributed by atoms with E-state index in [1.807, 2.05) is 18.2 Å². The van der Waals surface area contributed by atoms with E-state index in [0.29, 0.717) is 36.0 Å². The highest BCUT2D eigenvalue weighted by atomic mass is 16.5. The first kappa shape index (κ1) is 30.5. The van der Waals surface area contributed by atoms with Crippen molar-refractivity contribution in [3.05, 3.63) is 41.0 Å². The van der Waals surface area contributed by atoms with E-state index in [2.05, 4.69) is 6.08 Å². The van der Waals surface area contributed by atoms with E-state index in [1.54, 1.807) is 35.5 Å².